The Kier molecular flexibility index (Phi) is 5.03. The first kappa shape index (κ1) is 15.9. The Morgan fingerprint density at radius 3 is 2.44 bits per heavy atom. The van der Waals surface area contributed by atoms with Gasteiger partial charge in [0.05, 0.1) is 0 Å². The minimum absolute atomic E-state index is 0. The van der Waals surface area contributed by atoms with Gasteiger partial charge in [-0.15, -0.1) is 24.8 Å². The Balaban J connectivity index is 0.00000112. The number of halogens is 2. The molecule has 0 atom stereocenters. The van der Waals surface area contributed by atoms with E-state index in [1.807, 2.05) is 6.20 Å². The SMILES string of the molecule is Cl.Cl.[CH2]=[Ti]([CH3])([CH3])([C]1=CC=CC1)[c]1ccc[nH]1. The van der Waals surface area contributed by atoms with Crippen molar-refractivity contribution >= 4 is 33.6 Å². The van der Waals surface area contributed by atoms with Crippen LogP contribution in [0.1, 0.15) is 6.42 Å². The fourth-order valence-corrected chi connectivity index (χ4v) is 6.61. The van der Waals surface area contributed by atoms with Gasteiger partial charge >= 0.3 is 86.0 Å². The van der Waals surface area contributed by atoms with Crippen molar-refractivity contribution < 1.29 is 14.8 Å². The molecule has 1 aliphatic carbocycles. The average molecular weight is 296 g/mol. The van der Waals surface area contributed by atoms with Crippen LogP contribution in [-0.2, 0) is 14.8 Å². The molecule has 16 heavy (non-hydrogen) atoms. The fourth-order valence-electron chi connectivity index (χ4n) is 2.04. The van der Waals surface area contributed by atoms with Crippen molar-refractivity contribution in [3.05, 3.63) is 40.4 Å². The predicted octanol–water partition coefficient (Wildman–Crippen LogP) is 3.55. The Morgan fingerprint density at radius 1 is 1.31 bits per heavy atom. The van der Waals surface area contributed by atoms with Crippen molar-refractivity contribution in [2.24, 2.45) is 0 Å². The molecule has 90 valence electrons. The number of hydrogen-bond acceptors (Lipinski definition) is 0. The molecule has 0 radical (unpaired) electrons. The third-order valence-electron chi connectivity index (χ3n) is 3.26. The molecule has 4 heteroatoms. The van der Waals surface area contributed by atoms with Crippen LogP contribution in [0.3, 0.4) is 0 Å². The summed E-state index contributed by atoms with van der Waals surface area (Å²) in [6.45, 7) is 0. The molecule has 0 aliphatic heterocycles. The van der Waals surface area contributed by atoms with Crippen molar-refractivity contribution in [2.75, 3.05) is 0 Å². The Morgan fingerprint density at radius 2 is 2.00 bits per heavy atom. The van der Waals surface area contributed by atoms with E-state index >= 15 is 0 Å². The van der Waals surface area contributed by atoms with Crippen molar-refractivity contribution in [2.45, 2.75) is 16.9 Å². The van der Waals surface area contributed by atoms with Crippen molar-refractivity contribution in [3.8, 4) is 0 Å². The van der Waals surface area contributed by atoms with Crippen LogP contribution < -0.4 is 4.00 Å². The van der Waals surface area contributed by atoms with E-state index in [1.54, 1.807) is 3.88 Å². The van der Waals surface area contributed by atoms with Crippen LogP contribution in [0, 0.1) is 0 Å². The van der Waals surface area contributed by atoms with E-state index in [9.17, 15) is 0 Å². The molecule has 2 rings (SSSR count). The van der Waals surface area contributed by atoms with Crippen LogP contribution in [0.25, 0.3) is 0 Å². The summed E-state index contributed by atoms with van der Waals surface area (Å²) in [5.74, 6) is 0. The van der Waals surface area contributed by atoms with Gasteiger partial charge in [0.2, 0.25) is 0 Å². The number of aromatic nitrogens is 1. The van der Waals surface area contributed by atoms with Crippen LogP contribution in [0.2, 0.25) is 10.5 Å². The summed E-state index contributed by atoms with van der Waals surface area (Å²) in [6, 6.07) is 4.25. The predicted molar refractivity (Wildman–Crippen MR) is 75.6 cm³/mol. The van der Waals surface area contributed by atoms with Crippen LogP contribution in [0.5, 0.6) is 0 Å². The van der Waals surface area contributed by atoms with Crippen LogP contribution in [-0.4, -0.2) is 9.80 Å². The number of aromatic amines is 1. The van der Waals surface area contributed by atoms with Gasteiger partial charge in [-0.2, -0.15) is 0 Å². The molecule has 1 N–H and O–H groups in total. The maximum atomic E-state index is 4.58. The Bertz CT molecular complexity index is 463. The molecule has 1 heterocycles. The van der Waals surface area contributed by atoms with Gasteiger partial charge < -0.3 is 0 Å². The zero-order valence-corrected chi connectivity index (χ0v) is 12.9. The van der Waals surface area contributed by atoms with E-state index in [4.69, 9.17) is 0 Å². The van der Waals surface area contributed by atoms with Crippen molar-refractivity contribution in [3.63, 3.8) is 0 Å². The normalized spacial score (nSPS) is 15.1. The first-order valence-corrected chi connectivity index (χ1v) is 10.9. The molecule has 0 saturated carbocycles. The number of nitrogens with one attached hydrogen (secondary N) is 1. The van der Waals surface area contributed by atoms with E-state index in [2.05, 4.69) is 50.6 Å². The molecular formula is C12H19Cl2NTi. The standard InChI is InChI=1S/C5H5.C4H4N.2CH3.CH2.2ClH.Ti/c2*1-2-4-5-3-1;;;;;;/h1-3H,4H2;1-3,5H;2*1H3;1H2;2*1H;. The molecule has 0 fully saturated rings. The second-order valence-electron chi connectivity index (χ2n) is 5.09. The molecule has 0 amide bonds. The zero-order chi connectivity index (χ0) is 10.3. The van der Waals surface area contributed by atoms with Crippen LogP contribution >= 0.6 is 24.8 Å². The number of allylic oxidation sites excluding steroid dienone is 4. The third-order valence-corrected chi connectivity index (χ3v) is 10.2. The molecule has 1 aromatic heterocycles. The number of H-pyrrole nitrogens is 1. The second kappa shape index (κ2) is 5.06. The van der Waals surface area contributed by atoms with Crippen molar-refractivity contribution in [1.82, 2.24) is 4.98 Å². The van der Waals surface area contributed by atoms with Gasteiger partial charge in [-0.3, -0.25) is 0 Å². The van der Waals surface area contributed by atoms with E-state index in [0.29, 0.717) is 0 Å². The summed E-state index contributed by atoms with van der Waals surface area (Å²) in [5, 5.41) is 4.73. The second-order valence-corrected chi connectivity index (χ2v) is 15.3. The molecule has 0 unspecified atom stereocenters. The van der Waals surface area contributed by atoms with E-state index < -0.39 is 14.8 Å². The molecule has 0 bridgehead atoms. The van der Waals surface area contributed by atoms with Gasteiger partial charge in [-0.1, -0.05) is 0 Å². The molecule has 0 spiro atoms. The van der Waals surface area contributed by atoms with E-state index in [-0.39, 0.29) is 24.8 Å². The summed E-state index contributed by atoms with van der Waals surface area (Å²) in [4.78, 5) is 7.93. The summed E-state index contributed by atoms with van der Waals surface area (Å²) in [5.41, 5.74) is 0. The Labute approximate surface area is 110 Å². The van der Waals surface area contributed by atoms with Crippen LogP contribution in [0.4, 0.5) is 0 Å². The molecule has 1 aromatic rings. The average Bonchev–Trinajstić information content (AvgIpc) is 2.78. The van der Waals surface area contributed by atoms with Crippen LogP contribution in [0.15, 0.2) is 40.4 Å². The van der Waals surface area contributed by atoms with Gasteiger partial charge in [-0.05, 0) is 0 Å². The maximum absolute atomic E-state index is 4.58. The van der Waals surface area contributed by atoms with Gasteiger partial charge in [0.25, 0.3) is 0 Å². The minimum atomic E-state index is -2.79. The number of rotatable bonds is 2. The monoisotopic (exact) mass is 295 g/mol. The topological polar surface area (TPSA) is 15.8 Å². The summed E-state index contributed by atoms with van der Waals surface area (Å²) >= 11 is -2.79. The molecular weight excluding hydrogens is 277 g/mol. The fraction of sp³-hybridized carbons (Fsp3) is 0.250. The van der Waals surface area contributed by atoms with E-state index in [0.717, 1.165) is 6.42 Å². The molecule has 0 aromatic carbocycles. The summed E-state index contributed by atoms with van der Waals surface area (Å²) in [6.07, 6.45) is 9.72. The van der Waals surface area contributed by atoms with Crippen molar-refractivity contribution in [1.29, 1.82) is 0 Å². The molecule has 1 aliphatic rings. The van der Waals surface area contributed by atoms with E-state index in [1.165, 1.54) is 4.00 Å². The van der Waals surface area contributed by atoms with Gasteiger partial charge in [0, 0.05) is 0 Å². The third kappa shape index (κ3) is 2.60. The van der Waals surface area contributed by atoms with Gasteiger partial charge in [0.15, 0.2) is 0 Å². The van der Waals surface area contributed by atoms with Gasteiger partial charge in [0.1, 0.15) is 0 Å². The number of hydrogen-bond donors (Lipinski definition) is 1. The first-order valence-electron chi connectivity index (χ1n) is 5.06. The summed E-state index contributed by atoms with van der Waals surface area (Å²) < 4.78 is 2.90. The Hall–Kier alpha value is -0.0757. The quantitative estimate of drug-likeness (QED) is 0.803. The first-order chi connectivity index (χ1) is 6.49. The molecule has 0 saturated heterocycles. The molecule has 1 nitrogen and oxygen atoms in total. The summed E-state index contributed by atoms with van der Waals surface area (Å²) in [7, 11) is 0. The zero-order valence-electron chi connectivity index (χ0n) is 9.69. The van der Waals surface area contributed by atoms with Gasteiger partial charge in [-0.25, -0.2) is 0 Å².